The third kappa shape index (κ3) is 2.64. The molecule has 6 heteroatoms. The summed E-state index contributed by atoms with van der Waals surface area (Å²) in [7, 11) is -3.70. The Kier molecular flexibility index (Phi) is 3.64. The van der Waals surface area contributed by atoms with Gasteiger partial charge >= 0.3 is 0 Å². The van der Waals surface area contributed by atoms with Crippen molar-refractivity contribution >= 4 is 15.7 Å². The molecule has 0 bridgehead atoms. The van der Waals surface area contributed by atoms with Crippen LogP contribution < -0.4 is 5.73 Å². The van der Waals surface area contributed by atoms with Crippen LogP contribution in [-0.2, 0) is 10.0 Å². The summed E-state index contributed by atoms with van der Waals surface area (Å²) in [5.41, 5.74) is 6.77. The molecule has 1 aliphatic heterocycles. The molecule has 0 radical (unpaired) electrons. The smallest absolute Gasteiger partial charge is 0.243 e. The first-order valence-corrected chi connectivity index (χ1v) is 7.48. The van der Waals surface area contributed by atoms with Crippen molar-refractivity contribution in [1.29, 1.82) is 0 Å². The molecule has 1 heterocycles. The Bertz CT molecular complexity index is 638. The number of rotatable bonds is 2. The number of nitrogens with zero attached hydrogens (tertiary/aromatic N) is 1. The number of nitrogen functional groups attached to an aromatic ring is 1. The zero-order valence-corrected chi connectivity index (χ0v) is 11.8. The van der Waals surface area contributed by atoms with Crippen molar-refractivity contribution in [3.63, 3.8) is 0 Å². The van der Waals surface area contributed by atoms with Crippen molar-refractivity contribution in [3.8, 4) is 0 Å². The van der Waals surface area contributed by atoms with Crippen LogP contribution in [0.4, 0.5) is 10.1 Å². The van der Waals surface area contributed by atoms with E-state index in [0.717, 1.165) is 11.6 Å². The maximum absolute atomic E-state index is 13.6. The number of hydrogen-bond acceptors (Lipinski definition) is 3. The number of sulfonamides is 1. The average Bonchev–Trinajstić information content (AvgIpc) is 2.33. The highest BCUT2D eigenvalue weighted by molar-refractivity contribution is 7.89. The molecule has 0 unspecified atom stereocenters. The molecule has 1 aromatic rings. The number of anilines is 1. The SMILES string of the molecule is CC1=CCCN(S(=O)(=O)c2cc(N)cc(F)c2C)C1. The zero-order chi connectivity index (χ0) is 14.2. The fourth-order valence-electron chi connectivity index (χ4n) is 2.16. The van der Waals surface area contributed by atoms with Gasteiger partial charge in [0.05, 0.1) is 4.90 Å². The first kappa shape index (κ1) is 14.0. The molecule has 104 valence electrons. The third-order valence-corrected chi connectivity index (χ3v) is 5.21. The van der Waals surface area contributed by atoms with Gasteiger partial charge in [-0.25, -0.2) is 12.8 Å². The van der Waals surface area contributed by atoms with Crippen LogP contribution in [0.3, 0.4) is 0 Å². The molecule has 0 aromatic heterocycles. The molecule has 4 nitrogen and oxygen atoms in total. The molecule has 0 atom stereocenters. The normalized spacial score (nSPS) is 17.3. The zero-order valence-electron chi connectivity index (χ0n) is 11.0. The van der Waals surface area contributed by atoms with Gasteiger partial charge in [0.2, 0.25) is 10.0 Å². The van der Waals surface area contributed by atoms with Crippen molar-refractivity contribution in [2.45, 2.75) is 25.2 Å². The van der Waals surface area contributed by atoms with E-state index in [1.165, 1.54) is 17.3 Å². The fourth-order valence-corrected chi connectivity index (χ4v) is 3.93. The van der Waals surface area contributed by atoms with E-state index in [4.69, 9.17) is 5.73 Å². The second-order valence-corrected chi connectivity index (χ2v) is 6.71. The lowest BCUT2D eigenvalue weighted by Crippen LogP contribution is -2.35. The summed E-state index contributed by atoms with van der Waals surface area (Å²) in [6.07, 6.45) is 2.69. The summed E-state index contributed by atoms with van der Waals surface area (Å²) in [5, 5.41) is 0. The van der Waals surface area contributed by atoms with Gasteiger partial charge in [0, 0.05) is 24.3 Å². The highest BCUT2D eigenvalue weighted by Crippen LogP contribution is 2.26. The van der Waals surface area contributed by atoms with E-state index in [-0.39, 0.29) is 16.1 Å². The third-order valence-electron chi connectivity index (χ3n) is 3.23. The van der Waals surface area contributed by atoms with E-state index in [1.807, 2.05) is 13.0 Å². The Balaban J connectivity index is 2.48. The maximum atomic E-state index is 13.6. The Morgan fingerprint density at radius 3 is 2.63 bits per heavy atom. The quantitative estimate of drug-likeness (QED) is 0.668. The molecule has 0 amide bonds. The summed E-state index contributed by atoms with van der Waals surface area (Å²) in [6.45, 7) is 4.09. The molecular weight excluding hydrogens is 267 g/mol. The van der Waals surface area contributed by atoms with Crippen molar-refractivity contribution < 1.29 is 12.8 Å². The molecule has 0 spiro atoms. The number of hydrogen-bond donors (Lipinski definition) is 1. The standard InChI is InChI=1S/C13H17FN2O2S/c1-9-4-3-5-16(8-9)19(17,18)13-7-11(15)6-12(14)10(13)2/h4,6-7H,3,5,8,15H2,1-2H3. The highest BCUT2D eigenvalue weighted by Gasteiger charge is 2.28. The summed E-state index contributed by atoms with van der Waals surface area (Å²) in [6, 6.07) is 2.46. The second kappa shape index (κ2) is 4.94. The van der Waals surface area contributed by atoms with Gasteiger partial charge in [0.25, 0.3) is 0 Å². The predicted molar refractivity (Wildman–Crippen MR) is 72.7 cm³/mol. The van der Waals surface area contributed by atoms with E-state index in [1.54, 1.807) is 0 Å². The van der Waals surface area contributed by atoms with E-state index in [0.29, 0.717) is 19.5 Å². The monoisotopic (exact) mass is 284 g/mol. The molecule has 1 aromatic carbocycles. The van der Waals surface area contributed by atoms with Gasteiger partial charge in [-0.3, -0.25) is 0 Å². The topological polar surface area (TPSA) is 63.4 Å². The number of halogens is 1. The largest absolute Gasteiger partial charge is 0.399 e. The van der Waals surface area contributed by atoms with Gasteiger partial charge in [-0.05, 0) is 32.4 Å². The van der Waals surface area contributed by atoms with Crippen LogP contribution >= 0.6 is 0 Å². The van der Waals surface area contributed by atoms with E-state index in [2.05, 4.69) is 0 Å². The molecule has 0 saturated carbocycles. The molecular formula is C13H17FN2O2S. The molecule has 1 aliphatic rings. The minimum absolute atomic E-state index is 0.0419. The minimum atomic E-state index is -3.70. The van der Waals surface area contributed by atoms with Crippen LogP contribution in [0, 0.1) is 12.7 Å². The van der Waals surface area contributed by atoms with Gasteiger partial charge in [-0.1, -0.05) is 11.6 Å². The lowest BCUT2D eigenvalue weighted by molar-refractivity contribution is 0.427. The van der Waals surface area contributed by atoms with Crippen molar-refractivity contribution in [3.05, 3.63) is 35.2 Å². The van der Waals surface area contributed by atoms with Crippen molar-refractivity contribution in [2.24, 2.45) is 0 Å². The van der Waals surface area contributed by atoms with Crippen LogP contribution in [0.2, 0.25) is 0 Å². The number of nitrogens with two attached hydrogens (primary N) is 1. The lowest BCUT2D eigenvalue weighted by atomic mass is 10.2. The van der Waals surface area contributed by atoms with Crippen LogP contribution in [0.5, 0.6) is 0 Å². The Labute approximate surface area is 112 Å². The molecule has 2 N–H and O–H groups in total. The molecule has 0 aliphatic carbocycles. The van der Waals surface area contributed by atoms with Gasteiger partial charge in [0.15, 0.2) is 0 Å². The summed E-state index contributed by atoms with van der Waals surface area (Å²) in [5.74, 6) is -0.595. The molecule has 19 heavy (non-hydrogen) atoms. The Morgan fingerprint density at radius 2 is 2.00 bits per heavy atom. The minimum Gasteiger partial charge on any atom is -0.399 e. The van der Waals surface area contributed by atoms with Crippen molar-refractivity contribution in [1.82, 2.24) is 4.31 Å². The van der Waals surface area contributed by atoms with E-state index < -0.39 is 15.8 Å². The van der Waals surface area contributed by atoms with Crippen LogP contribution in [0.15, 0.2) is 28.7 Å². The Hall–Kier alpha value is -1.40. The van der Waals surface area contributed by atoms with E-state index in [9.17, 15) is 12.8 Å². The maximum Gasteiger partial charge on any atom is 0.243 e. The first-order chi connectivity index (χ1) is 8.82. The predicted octanol–water partition coefficient (Wildman–Crippen LogP) is 2.06. The van der Waals surface area contributed by atoms with E-state index >= 15 is 0 Å². The van der Waals surface area contributed by atoms with Gasteiger partial charge in [-0.15, -0.1) is 0 Å². The van der Waals surface area contributed by atoms with Crippen LogP contribution in [-0.4, -0.2) is 25.8 Å². The number of benzene rings is 1. The summed E-state index contributed by atoms with van der Waals surface area (Å²) < 4.78 is 40.1. The summed E-state index contributed by atoms with van der Waals surface area (Å²) in [4.78, 5) is -0.0419. The Morgan fingerprint density at radius 1 is 1.32 bits per heavy atom. The average molecular weight is 284 g/mol. The first-order valence-electron chi connectivity index (χ1n) is 6.04. The van der Waals surface area contributed by atoms with Gasteiger partial charge in [0.1, 0.15) is 5.82 Å². The molecule has 0 fully saturated rings. The fraction of sp³-hybridized carbons (Fsp3) is 0.385. The molecule has 2 rings (SSSR count). The van der Waals surface area contributed by atoms with Crippen LogP contribution in [0.1, 0.15) is 18.9 Å². The highest BCUT2D eigenvalue weighted by atomic mass is 32.2. The molecule has 0 saturated heterocycles. The van der Waals surface area contributed by atoms with Crippen molar-refractivity contribution in [2.75, 3.05) is 18.8 Å². The second-order valence-electron chi connectivity index (χ2n) is 4.80. The summed E-state index contributed by atoms with van der Waals surface area (Å²) >= 11 is 0. The lowest BCUT2D eigenvalue weighted by Gasteiger charge is -2.26. The van der Waals surface area contributed by atoms with Gasteiger partial charge < -0.3 is 5.73 Å². The van der Waals surface area contributed by atoms with Gasteiger partial charge in [-0.2, -0.15) is 4.31 Å². The van der Waals surface area contributed by atoms with Crippen LogP contribution in [0.25, 0.3) is 0 Å².